The molecule has 1 N–H and O–H groups in total. The number of Topliss-reactive ketones (excluding diaryl/α,β-unsaturated/α-hetero) is 1. The van der Waals surface area contributed by atoms with E-state index < -0.39 is 0 Å². The Labute approximate surface area is 159 Å². The first kappa shape index (κ1) is 18.5. The molecule has 5 nitrogen and oxygen atoms in total. The van der Waals surface area contributed by atoms with Gasteiger partial charge in [0.1, 0.15) is 5.75 Å². The molecule has 0 radical (unpaired) electrons. The van der Waals surface area contributed by atoms with Gasteiger partial charge in [0.05, 0.1) is 16.7 Å². The molecule has 0 saturated carbocycles. The molecule has 1 heterocycles. The molecule has 0 aliphatic rings. The van der Waals surface area contributed by atoms with Crippen LogP contribution in [0, 0.1) is 0 Å². The minimum atomic E-state index is -0.152. The maximum atomic E-state index is 12.8. The van der Waals surface area contributed by atoms with Gasteiger partial charge in [-0.1, -0.05) is 23.4 Å². The number of phenols is 1. The second kappa shape index (κ2) is 7.51. The van der Waals surface area contributed by atoms with Crippen LogP contribution in [0.3, 0.4) is 0 Å². The average molecular weight is 389 g/mol. The second-order valence-electron chi connectivity index (χ2n) is 6.08. The molecule has 0 bridgehead atoms. The fraction of sp³-hybridized carbons (Fsp3) is 0.211. The van der Waals surface area contributed by atoms with Crippen LogP contribution in [0.4, 0.5) is 0 Å². The lowest BCUT2D eigenvalue weighted by atomic mass is 10.1. The average Bonchev–Trinajstić information content (AvgIpc) is 2.59. The summed E-state index contributed by atoms with van der Waals surface area (Å²) in [5.74, 6) is 0.136. The van der Waals surface area contributed by atoms with Crippen LogP contribution >= 0.6 is 23.4 Å². The summed E-state index contributed by atoms with van der Waals surface area (Å²) in [5, 5.41) is 10.8. The summed E-state index contributed by atoms with van der Waals surface area (Å²) in [7, 11) is 0. The van der Waals surface area contributed by atoms with Gasteiger partial charge in [-0.05, 0) is 56.3 Å². The second-order valence-corrected chi connectivity index (χ2v) is 7.46. The molecule has 0 saturated heterocycles. The fourth-order valence-electron chi connectivity index (χ4n) is 2.57. The van der Waals surface area contributed by atoms with Crippen LogP contribution in [-0.2, 0) is 0 Å². The maximum Gasteiger partial charge on any atom is 0.262 e. The van der Waals surface area contributed by atoms with Gasteiger partial charge in [-0.2, -0.15) is 0 Å². The van der Waals surface area contributed by atoms with Crippen molar-refractivity contribution in [1.29, 1.82) is 0 Å². The summed E-state index contributed by atoms with van der Waals surface area (Å²) in [5.41, 5.74) is 0.859. The summed E-state index contributed by atoms with van der Waals surface area (Å²) < 4.78 is 1.59. The van der Waals surface area contributed by atoms with Crippen LogP contribution in [0.5, 0.6) is 5.75 Å². The number of carbonyl (C=O) groups excluding carboxylic acids is 1. The molecule has 0 atom stereocenters. The Balaban J connectivity index is 1.95. The van der Waals surface area contributed by atoms with Crippen LogP contribution < -0.4 is 5.56 Å². The van der Waals surface area contributed by atoms with Crippen molar-refractivity contribution in [1.82, 2.24) is 9.55 Å². The number of fused-ring (bicyclic) bond motifs is 1. The van der Waals surface area contributed by atoms with E-state index in [1.165, 1.54) is 23.9 Å². The molecule has 0 unspecified atom stereocenters. The molecule has 0 spiro atoms. The van der Waals surface area contributed by atoms with Gasteiger partial charge in [0.15, 0.2) is 10.9 Å². The van der Waals surface area contributed by atoms with E-state index in [9.17, 15) is 14.7 Å². The zero-order chi connectivity index (χ0) is 18.8. The zero-order valence-electron chi connectivity index (χ0n) is 14.3. The van der Waals surface area contributed by atoms with E-state index in [0.29, 0.717) is 26.6 Å². The number of ketones is 1. The smallest absolute Gasteiger partial charge is 0.262 e. The largest absolute Gasteiger partial charge is 0.508 e. The molecule has 134 valence electrons. The number of hydrogen-bond acceptors (Lipinski definition) is 5. The monoisotopic (exact) mass is 388 g/mol. The highest BCUT2D eigenvalue weighted by Gasteiger charge is 2.16. The third kappa shape index (κ3) is 3.76. The van der Waals surface area contributed by atoms with Gasteiger partial charge >= 0.3 is 0 Å². The summed E-state index contributed by atoms with van der Waals surface area (Å²) in [4.78, 5) is 29.7. The Hall–Kier alpha value is -2.31. The number of hydrogen-bond donors (Lipinski definition) is 1. The number of halogens is 1. The molecule has 0 aliphatic heterocycles. The highest BCUT2D eigenvalue weighted by Crippen LogP contribution is 2.23. The highest BCUT2D eigenvalue weighted by atomic mass is 35.5. The van der Waals surface area contributed by atoms with Crippen molar-refractivity contribution >= 4 is 40.0 Å². The van der Waals surface area contributed by atoms with Crippen molar-refractivity contribution in [2.24, 2.45) is 0 Å². The van der Waals surface area contributed by atoms with Crippen LogP contribution in [0.15, 0.2) is 52.4 Å². The van der Waals surface area contributed by atoms with Gasteiger partial charge in [-0.3, -0.25) is 14.2 Å². The topological polar surface area (TPSA) is 72.2 Å². The van der Waals surface area contributed by atoms with Crippen molar-refractivity contribution in [2.75, 3.05) is 5.75 Å². The molecule has 26 heavy (non-hydrogen) atoms. The van der Waals surface area contributed by atoms with E-state index in [-0.39, 0.29) is 28.9 Å². The Bertz CT molecular complexity index is 1030. The maximum absolute atomic E-state index is 12.8. The van der Waals surface area contributed by atoms with Gasteiger partial charge < -0.3 is 5.11 Å². The number of benzene rings is 2. The van der Waals surface area contributed by atoms with E-state index in [2.05, 4.69) is 4.98 Å². The van der Waals surface area contributed by atoms with Gasteiger partial charge in [0.2, 0.25) is 0 Å². The minimum Gasteiger partial charge on any atom is -0.508 e. The van der Waals surface area contributed by atoms with Gasteiger partial charge in [0, 0.05) is 16.6 Å². The molecular formula is C19H17ClN2O3S. The van der Waals surface area contributed by atoms with Gasteiger partial charge in [0.25, 0.3) is 5.56 Å². The molecular weight excluding hydrogens is 372 g/mol. The van der Waals surface area contributed by atoms with Crippen molar-refractivity contribution in [3.05, 3.63) is 63.4 Å². The predicted molar refractivity (Wildman–Crippen MR) is 105 cm³/mol. The predicted octanol–water partition coefficient (Wildman–Crippen LogP) is 4.31. The Kier molecular flexibility index (Phi) is 5.34. The van der Waals surface area contributed by atoms with Crippen LogP contribution in [0.2, 0.25) is 5.02 Å². The number of rotatable bonds is 5. The first-order chi connectivity index (χ1) is 12.4. The summed E-state index contributed by atoms with van der Waals surface area (Å²) in [6.45, 7) is 3.80. The van der Waals surface area contributed by atoms with E-state index in [1.54, 1.807) is 34.9 Å². The normalized spacial score (nSPS) is 11.2. The fourth-order valence-corrected chi connectivity index (χ4v) is 3.76. The van der Waals surface area contributed by atoms with E-state index in [1.807, 2.05) is 13.8 Å². The third-order valence-corrected chi connectivity index (χ3v) is 5.06. The number of aromatic nitrogens is 2. The van der Waals surface area contributed by atoms with Crippen LogP contribution in [0.25, 0.3) is 10.9 Å². The summed E-state index contributed by atoms with van der Waals surface area (Å²) >= 11 is 7.23. The molecule has 7 heteroatoms. The number of aromatic hydroxyl groups is 1. The molecule has 3 rings (SSSR count). The first-order valence-corrected chi connectivity index (χ1v) is 9.40. The lowest BCUT2D eigenvalue weighted by Crippen LogP contribution is -2.25. The van der Waals surface area contributed by atoms with Gasteiger partial charge in [-0.25, -0.2) is 4.98 Å². The molecule has 2 aromatic carbocycles. The minimum absolute atomic E-state index is 0.0960. The SMILES string of the molecule is CC(C)n1c(SCC(=O)c2ccc(O)cc2)nc2cc(Cl)ccc2c1=O. The Morgan fingerprint density at radius 1 is 1.23 bits per heavy atom. The Morgan fingerprint density at radius 3 is 2.58 bits per heavy atom. The van der Waals surface area contributed by atoms with Crippen LogP contribution in [0.1, 0.15) is 30.2 Å². The molecule has 0 fully saturated rings. The van der Waals surface area contributed by atoms with E-state index in [4.69, 9.17) is 11.6 Å². The number of phenolic OH excluding ortho intramolecular Hbond substituents is 1. The van der Waals surface area contributed by atoms with Crippen molar-refractivity contribution in [3.63, 3.8) is 0 Å². The quantitative estimate of drug-likeness (QED) is 0.400. The molecule has 0 amide bonds. The third-order valence-electron chi connectivity index (χ3n) is 3.87. The highest BCUT2D eigenvalue weighted by molar-refractivity contribution is 7.99. The number of thioether (sulfide) groups is 1. The lowest BCUT2D eigenvalue weighted by molar-refractivity contribution is 0.102. The molecule has 3 aromatic rings. The van der Waals surface area contributed by atoms with E-state index in [0.717, 1.165) is 0 Å². The van der Waals surface area contributed by atoms with Crippen molar-refractivity contribution in [3.8, 4) is 5.75 Å². The number of carbonyl (C=O) groups is 1. The van der Waals surface area contributed by atoms with Crippen molar-refractivity contribution < 1.29 is 9.90 Å². The molecule has 0 aliphatic carbocycles. The zero-order valence-corrected chi connectivity index (χ0v) is 15.8. The summed E-state index contributed by atoms with van der Waals surface area (Å²) in [6, 6.07) is 11.0. The van der Waals surface area contributed by atoms with E-state index >= 15 is 0 Å². The summed E-state index contributed by atoms with van der Waals surface area (Å²) in [6.07, 6.45) is 0. The first-order valence-electron chi connectivity index (χ1n) is 8.03. The van der Waals surface area contributed by atoms with Crippen molar-refractivity contribution in [2.45, 2.75) is 25.0 Å². The van der Waals surface area contributed by atoms with Gasteiger partial charge in [-0.15, -0.1) is 0 Å². The van der Waals surface area contributed by atoms with Crippen LogP contribution in [-0.4, -0.2) is 26.2 Å². The lowest BCUT2D eigenvalue weighted by Gasteiger charge is -2.16. The molecule has 1 aromatic heterocycles. The Morgan fingerprint density at radius 2 is 1.92 bits per heavy atom. The standard InChI is InChI=1S/C19H17ClN2O3S/c1-11(2)22-18(25)15-8-5-13(20)9-16(15)21-19(22)26-10-17(24)12-3-6-14(23)7-4-12/h3-9,11,23H,10H2,1-2H3. The number of nitrogens with zero attached hydrogens (tertiary/aromatic N) is 2.